The number of halogens is 1. The fourth-order valence-corrected chi connectivity index (χ4v) is 4.05. The van der Waals surface area contributed by atoms with Crippen molar-refractivity contribution in [2.45, 2.75) is 32.9 Å². The Morgan fingerprint density at radius 2 is 1.81 bits per heavy atom. The van der Waals surface area contributed by atoms with E-state index in [1.807, 2.05) is 36.2 Å². The number of rotatable bonds is 6. The van der Waals surface area contributed by atoms with E-state index in [4.69, 9.17) is 16.1 Å². The lowest BCUT2D eigenvalue weighted by molar-refractivity contribution is -0.136. The highest BCUT2D eigenvalue weighted by atomic mass is 35.5. The van der Waals surface area contributed by atoms with E-state index < -0.39 is 0 Å². The molecule has 3 aromatic rings. The Kier molecular flexibility index (Phi) is 6.68. The van der Waals surface area contributed by atoms with Crippen molar-refractivity contribution in [3.8, 4) is 11.4 Å². The minimum absolute atomic E-state index is 0.0685. The van der Waals surface area contributed by atoms with Gasteiger partial charge in [0.15, 0.2) is 0 Å². The lowest BCUT2D eigenvalue weighted by atomic mass is 9.95. The van der Waals surface area contributed by atoms with Gasteiger partial charge in [0.25, 0.3) is 0 Å². The van der Waals surface area contributed by atoms with Crippen LogP contribution in [0.2, 0.25) is 5.02 Å². The van der Waals surface area contributed by atoms with Gasteiger partial charge in [-0.05, 0) is 62.7 Å². The van der Waals surface area contributed by atoms with Gasteiger partial charge in [0.05, 0.1) is 6.54 Å². The molecular formula is C24H27ClN4O2. The average Bonchev–Trinajstić information content (AvgIpc) is 3.24. The first-order valence-electron chi connectivity index (χ1n) is 10.6. The predicted molar refractivity (Wildman–Crippen MR) is 120 cm³/mol. The summed E-state index contributed by atoms with van der Waals surface area (Å²) in [6, 6.07) is 15.7. The molecule has 31 heavy (non-hydrogen) atoms. The maximum Gasteiger partial charge on any atom is 0.241 e. The van der Waals surface area contributed by atoms with Crippen molar-refractivity contribution in [2.75, 3.05) is 20.1 Å². The second kappa shape index (κ2) is 9.62. The molecule has 0 spiro atoms. The summed E-state index contributed by atoms with van der Waals surface area (Å²) in [5.41, 5.74) is 3.26. The van der Waals surface area contributed by atoms with Crippen LogP contribution in [0.25, 0.3) is 11.4 Å². The Balaban J connectivity index is 1.27. The van der Waals surface area contributed by atoms with E-state index in [-0.39, 0.29) is 11.8 Å². The Hall–Kier alpha value is -2.70. The first-order valence-corrected chi connectivity index (χ1v) is 11.0. The monoisotopic (exact) mass is 438 g/mol. The summed E-state index contributed by atoms with van der Waals surface area (Å²) in [7, 11) is 1.89. The third-order valence-electron chi connectivity index (χ3n) is 5.78. The van der Waals surface area contributed by atoms with Crippen LogP contribution in [0.15, 0.2) is 53.1 Å². The number of aryl methyl sites for hydroxylation is 1. The minimum Gasteiger partial charge on any atom is -0.341 e. The van der Waals surface area contributed by atoms with Gasteiger partial charge in [0.1, 0.15) is 0 Å². The molecule has 0 radical (unpaired) electrons. The summed E-state index contributed by atoms with van der Waals surface area (Å²) < 4.78 is 5.43. The van der Waals surface area contributed by atoms with Gasteiger partial charge in [-0.25, -0.2) is 0 Å². The number of carbonyl (C=O) groups is 1. The highest BCUT2D eigenvalue weighted by Crippen LogP contribution is 2.23. The van der Waals surface area contributed by atoms with Gasteiger partial charge in [-0.3, -0.25) is 9.69 Å². The van der Waals surface area contributed by atoms with Crippen LogP contribution < -0.4 is 0 Å². The Morgan fingerprint density at radius 3 is 2.48 bits per heavy atom. The molecular weight excluding hydrogens is 412 g/mol. The Bertz CT molecular complexity index is 1010. The molecule has 0 atom stereocenters. The lowest BCUT2D eigenvalue weighted by Crippen LogP contribution is -2.40. The largest absolute Gasteiger partial charge is 0.341 e. The predicted octanol–water partition coefficient (Wildman–Crippen LogP) is 4.57. The molecule has 0 bridgehead atoms. The van der Waals surface area contributed by atoms with Crippen LogP contribution in [0.3, 0.4) is 0 Å². The summed E-state index contributed by atoms with van der Waals surface area (Å²) in [6.07, 6.45) is 1.69. The molecule has 7 heteroatoms. The van der Waals surface area contributed by atoms with Gasteiger partial charge in [0, 0.05) is 30.1 Å². The lowest BCUT2D eigenvalue weighted by Gasteiger charge is -2.32. The smallest absolute Gasteiger partial charge is 0.241 e. The zero-order valence-electron chi connectivity index (χ0n) is 17.9. The summed E-state index contributed by atoms with van der Waals surface area (Å²) >= 11 is 5.93. The third-order valence-corrected chi connectivity index (χ3v) is 6.03. The number of carbonyl (C=O) groups excluding carboxylic acids is 1. The normalized spacial score (nSPS) is 15.2. The van der Waals surface area contributed by atoms with Crippen molar-refractivity contribution in [3.05, 3.63) is 70.6 Å². The molecule has 6 nitrogen and oxygen atoms in total. The number of nitrogens with zero attached hydrogens (tertiary/aromatic N) is 4. The van der Waals surface area contributed by atoms with Gasteiger partial charge in [0.2, 0.25) is 17.6 Å². The van der Waals surface area contributed by atoms with Crippen molar-refractivity contribution in [3.63, 3.8) is 0 Å². The molecule has 0 N–H and O–H groups in total. The number of piperidine rings is 1. The van der Waals surface area contributed by atoms with E-state index in [1.54, 1.807) is 0 Å². The van der Waals surface area contributed by atoms with Gasteiger partial charge in [-0.2, -0.15) is 4.98 Å². The molecule has 1 aliphatic rings. The van der Waals surface area contributed by atoms with Crippen molar-refractivity contribution < 1.29 is 9.32 Å². The van der Waals surface area contributed by atoms with Gasteiger partial charge < -0.3 is 9.42 Å². The fourth-order valence-electron chi connectivity index (χ4n) is 3.92. The standard InChI is InChI=1S/C24H27ClN4O2/c1-17-3-5-18(6-4-17)15-28(2)24(30)20-11-13-29(14-12-20)16-22-26-23(27-31-22)19-7-9-21(25)10-8-19/h3-10,20H,11-16H2,1-2H3. The van der Waals surface area contributed by atoms with Gasteiger partial charge in [-0.1, -0.05) is 46.6 Å². The zero-order valence-corrected chi connectivity index (χ0v) is 18.7. The van der Waals surface area contributed by atoms with Crippen LogP contribution in [0, 0.1) is 12.8 Å². The van der Waals surface area contributed by atoms with Crippen LogP contribution in [-0.2, 0) is 17.9 Å². The molecule has 4 rings (SSSR count). The second-order valence-corrected chi connectivity index (χ2v) is 8.69. The van der Waals surface area contributed by atoms with Crippen molar-refractivity contribution in [1.82, 2.24) is 19.9 Å². The molecule has 0 saturated carbocycles. The molecule has 1 amide bonds. The molecule has 2 heterocycles. The van der Waals surface area contributed by atoms with E-state index in [9.17, 15) is 4.79 Å². The molecule has 162 valence electrons. The molecule has 2 aromatic carbocycles. The SMILES string of the molecule is Cc1ccc(CN(C)C(=O)C2CCN(Cc3nc(-c4ccc(Cl)cc4)no3)CC2)cc1. The molecule has 1 fully saturated rings. The van der Waals surface area contributed by atoms with Crippen LogP contribution in [0.5, 0.6) is 0 Å². The van der Waals surface area contributed by atoms with Gasteiger partial charge >= 0.3 is 0 Å². The number of likely N-dealkylation sites (tertiary alicyclic amines) is 1. The highest BCUT2D eigenvalue weighted by molar-refractivity contribution is 6.30. The number of hydrogen-bond donors (Lipinski definition) is 0. The summed E-state index contributed by atoms with van der Waals surface area (Å²) in [5, 5.41) is 4.75. The molecule has 1 saturated heterocycles. The van der Waals surface area contributed by atoms with E-state index in [2.05, 4.69) is 46.2 Å². The van der Waals surface area contributed by atoms with E-state index >= 15 is 0 Å². The number of hydrogen-bond acceptors (Lipinski definition) is 5. The molecule has 1 aromatic heterocycles. The van der Waals surface area contributed by atoms with Crippen molar-refractivity contribution in [2.24, 2.45) is 5.92 Å². The summed E-state index contributed by atoms with van der Waals surface area (Å²) in [4.78, 5) is 21.5. The van der Waals surface area contributed by atoms with E-state index in [0.717, 1.165) is 37.1 Å². The maximum absolute atomic E-state index is 12.9. The first-order chi connectivity index (χ1) is 15.0. The first kappa shape index (κ1) is 21.5. The van der Waals surface area contributed by atoms with Crippen LogP contribution >= 0.6 is 11.6 Å². The third kappa shape index (κ3) is 5.51. The molecule has 0 unspecified atom stereocenters. The quantitative estimate of drug-likeness (QED) is 0.564. The number of aromatic nitrogens is 2. The Labute approximate surface area is 187 Å². The zero-order chi connectivity index (χ0) is 21.8. The highest BCUT2D eigenvalue weighted by Gasteiger charge is 2.28. The summed E-state index contributed by atoms with van der Waals surface area (Å²) in [6.45, 7) is 5.00. The number of amides is 1. The van der Waals surface area contributed by atoms with E-state index in [0.29, 0.717) is 29.8 Å². The molecule has 1 aliphatic heterocycles. The van der Waals surface area contributed by atoms with Crippen LogP contribution in [-0.4, -0.2) is 46.0 Å². The number of benzene rings is 2. The average molecular weight is 439 g/mol. The topological polar surface area (TPSA) is 62.5 Å². The van der Waals surface area contributed by atoms with Crippen LogP contribution in [0.1, 0.15) is 29.9 Å². The fraction of sp³-hybridized carbons (Fsp3) is 0.375. The summed E-state index contributed by atoms with van der Waals surface area (Å²) in [5.74, 6) is 1.45. The minimum atomic E-state index is 0.0685. The molecule has 0 aliphatic carbocycles. The second-order valence-electron chi connectivity index (χ2n) is 8.25. The van der Waals surface area contributed by atoms with Crippen molar-refractivity contribution >= 4 is 17.5 Å². The van der Waals surface area contributed by atoms with Gasteiger partial charge in [-0.15, -0.1) is 0 Å². The maximum atomic E-state index is 12.9. The van der Waals surface area contributed by atoms with Crippen LogP contribution in [0.4, 0.5) is 0 Å². The Morgan fingerprint density at radius 1 is 1.13 bits per heavy atom. The van der Waals surface area contributed by atoms with Crippen molar-refractivity contribution in [1.29, 1.82) is 0 Å². The van der Waals surface area contributed by atoms with E-state index in [1.165, 1.54) is 5.56 Å².